The Morgan fingerprint density at radius 2 is 2.04 bits per heavy atom. The van der Waals surface area contributed by atoms with Gasteiger partial charge in [0.15, 0.2) is 0 Å². The molecule has 3 nitrogen and oxygen atoms in total. The van der Waals surface area contributed by atoms with Crippen molar-refractivity contribution >= 4 is 34.3 Å². The van der Waals surface area contributed by atoms with E-state index >= 15 is 0 Å². The fourth-order valence-electron chi connectivity index (χ4n) is 3.68. The lowest BCUT2D eigenvalue weighted by Crippen LogP contribution is -2.21. The Morgan fingerprint density at radius 1 is 1.20 bits per heavy atom. The number of halogens is 1. The van der Waals surface area contributed by atoms with Gasteiger partial charge in [0.25, 0.3) is 0 Å². The Hall–Kier alpha value is -2.10. The highest BCUT2D eigenvalue weighted by Gasteiger charge is 2.20. The van der Waals surface area contributed by atoms with Crippen molar-refractivity contribution in [3.05, 3.63) is 64.6 Å². The maximum Gasteiger partial charge on any atom is 0.0529 e. The molecule has 1 aliphatic rings. The number of pyridine rings is 1. The minimum atomic E-state index is 0.804. The van der Waals surface area contributed by atoms with E-state index in [9.17, 15) is 0 Å². The Labute approximate surface area is 153 Å². The van der Waals surface area contributed by atoms with Crippen molar-refractivity contribution in [1.82, 2.24) is 14.5 Å². The van der Waals surface area contributed by atoms with Gasteiger partial charge in [0, 0.05) is 54.2 Å². The van der Waals surface area contributed by atoms with Crippen LogP contribution in [0.25, 0.3) is 22.7 Å². The van der Waals surface area contributed by atoms with Gasteiger partial charge in [0.1, 0.15) is 0 Å². The summed E-state index contributed by atoms with van der Waals surface area (Å²) in [6.07, 6.45) is 8.09. The minimum Gasteiger partial charge on any atom is -0.320 e. The third-order valence-corrected chi connectivity index (χ3v) is 5.33. The summed E-state index contributed by atoms with van der Waals surface area (Å²) in [4.78, 5) is 6.65. The maximum absolute atomic E-state index is 6.30. The second-order valence-corrected chi connectivity index (χ2v) is 7.25. The summed E-state index contributed by atoms with van der Waals surface area (Å²) in [5, 5.41) is 2.09. The normalized spacial score (nSPS) is 16.0. The predicted molar refractivity (Wildman–Crippen MR) is 106 cm³/mol. The first-order valence-corrected chi connectivity index (χ1v) is 9.10. The molecule has 0 radical (unpaired) electrons. The number of aromatic nitrogens is 2. The van der Waals surface area contributed by atoms with Crippen LogP contribution in [0.1, 0.15) is 23.7 Å². The lowest BCUT2D eigenvalue weighted by atomic mass is 10.1. The lowest BCUT2D eigenvalue weighted by molar-refractivity contribution is 0.351. The van der Waals surface area contributed by atoms with Crippen LogP contribution >= 0.6 is 11.6 Å². The molecule has 0 spiro atoms. The Bertz CT molecular complexity index is 941. The van der Waals surface area contributed by atoms with Crippen LogP contribution in [0.15, 0.2) is 42.7 Å². The lowest BCUT2D eigenvalue weighted by Gasteiger charge is -2.13. The average molecular weight is 352 g/mol. The van der Waals surface area contributed by atoms with Gasteiger partial charge in [-0.2, -0.15) is 0 Å². The molecule has 0 fully saturated rings. The zero-order valence-corrected chi connectivity index (χ0v) is 15.4. The predicted octanol–water partition coefficient (Wildman–Crippen LogP) is 4.74. The van der Waals surface area contributed by atoms with Crippen molar-refractivity contribution in [2.24, 2.45) is 0 Å². The molecule has 2 aromatic heterocycles. The summed E-state index contributed by atoms with van der Waals surface area (Å²) in [7, 11) is 2.20. The van der Waals surface area contributed by atoms with E-state index in [0.717, 1.165) is 36.5 Å². The molecular weight excluding hydrogens is 330 g/mol. The highest BCUT2D eigenvalue weighted by molar-refractivity contribution is 6.31. The molecule has 1 aliphatic heterocycles. The zero-order valence-electron chi connectivity index (χ0n) is 14.7. The molecule has 4 rings (SSSR count). The van der Waals surface area contributed by atoms with Crippen molar-refractivity contribution in [3.8, 4) is 0 Å². The summed E-state index contributed by atoms with van der Waals surface area (Å²) < 4.78 is 2.36. The quantitative estimate of drug-likeness (QED) is 0.665. The van der Waals surface area contributed by atoms with Crippen molar-refractivity contribution in [1.29, 1.82) is 0 Å². The zero-order chi connectivity index (χ0) is 17.4. The molecule has 0 N–H and O–H groups in total. The van der Waals surface area contributed by atoms with E-state index in [1.165, 1.54) is 27.7 Å². The van der Waals surface area contributed by atoms with E-state index in [4.69, 9.17) is 11.6 Å². The van der Waals surface area contributed by atoms with Crippen LogP contribution in [0.2, 0.25) is 5.02 Å². The van der Waals surface area contributed by atoms with Gasteiger partial charge in [-0.15, -0.1) is 0 Å². The molecule has 0 bridgehead atoms. The van der Waals surface area contributed by atoms with Crippen LogP contribution in [0.3, 0.4) is 0 Å². The molecule has 0 unspecified atom stereocenters. The number of likely N-dealkylation sites (N-methyl/N-ethyl adjacent to an activating group) is 1. The van der Waals surface area contributed by atoms with Gasteiger partial charge < -0.3 is 9.47 Å². The number of fused-ring (bicyclic) bond motifs is 3. The van der Waals surface area contributed by atoms with Gasteiger partial charge in [0.05, 0.1) is 5.52 Å². The van der Waals surface area contributed by atoms with E-state index in [2.05, 4.69) is 52.8 Å². The minimum absolute atomic E-state index is 0.804. The summed E-state index contributed by atoms with van der Waals surface area (Å²) in [5.41, 5.74) is 6.45. The molecule has 0 saturated carbocycles. The van der Waals surface area contributed by atoms with Crippen LogP contribution in [-0.2, 0) is 12.8 Å². The molecule has 0 aliphatic carbocycles. The first-order valence-electron chi connectivity index (χ1n) is 8.72. The first-order chi connectivity index (χ1) is 12.1. The fourth-order valence-corrected chi connectivity index (χ4v) is 3.85. The van der Waals surface area contributed by atoms with Crippen LogP contribution in [-0.4, -0.2) is 34.6 Å². The standard InChI is InChI=1S/C21H22ClN3/c1-15(16-4-3-9-23-13-16)14-25-20-6-5-17(22)12-19(20)18-7-10-24(2)11-8-21(18)25/h3-6,9,12-14H,7-8,10-11H2,1-2H3/b15-14+. The second kappa shape index (κ2) is 6.66. The smallest absolute Gasteiger partial charge is 0.0529 e. The Morgan fingerprint density at radius 3 is 2.84 bits per heavy atom. The molecule has 3 heterocycles. The van der Waals surface area contributed by atoms with Crippen LogP contribution in [0.5, 0.6) is 0 Å². The molecule has 0 saturated heterocycles. The van der Waals surface area contributed by atoms with Crippen LogP contribution < -0.4 is 0 Å². The molecular formula is C21H22ClN3. The molecule has 1 aromatic carbocycles. The molecule has 128 valence electrons. The van der Waals surface area contributed by atoms with Gasteiger partial charge in [-0.05, 0) is 61.4 Å². The van der Waals surface area contributed by atoms with Gasteiger partial charge in [-0.3, -0.25) is 4.98 Å². The SMILES string of the molecule is C/C(=C\n1c2c(c3cc(Cl)ccc31)CCN(C)CC2)c1cccnc1. The third-order valence-electron chi connectivity index (χ3n) is 5.10. The molecule has 4 heteroatoms. The molecule has 0 amide bonds. The summed E-state index contributed by atoms with van der Waals surface area (Å²) in [6, 6.07) is 10.3. The summed E-state index contributed by atoms with van der Waals surface area (Å²) in [5.74, 6) is 0. The van der Waals surface area contributed by atoms with Crippen molar-refractivity contribution in [2.75, 3.05) is 20.1 Å². The Kier molecular flexibility index (Phi) is 4.36. The van der Waals surface area contributed by atoms with Crippen LogP contribution in [0.4, 0.5) is 0 Å². The largest absolute Gasteiger partial charge is 0.320 e. The number of benzene rings is 1. The van der Waals surface area contributed by atoms with Crippen molar-refractivity contribution in [3.63, 3.8) is 0 Å². The van der Waals surface area contributed by atoms with Gasteiger partial charge >= 0.3 is 0 Å². The molecule has 0 atom stereocenters. The third kappa shape index (κ3) is 3.10. The topological polar surface area (TPSA) is 21.1 Å². The van der Waals surface area contributed by atoms with Crippen molar-refractivity contribution < 1.29 is 0 Å². The van der Waals surface area contributed by atoms with E-state index in [1.807, 2.05) is 24.5 Å². The second-order valence-electron chi connectivity index (χ2n) is 6.81. The van der Waals surface area contributed by atoms with E-state index in [-0.39, 0.29) is 0 Å². The number of hydrogen-bond donors (Lipinski definition) is 0. The van der Waals surface area contributed by atoms with E-state index in [1.54, 1.807) is 0 Å². The number of allylic oxidation sites excluding steroid dienone is 1. The number of nitrogens with zero attached hydrogens (tertiary/aromatic N) is 3. The first kappa shape index (κ1) is 16.4. The number of hydrogen-bond acceptors (Lipinski definition) is 2. The average Bonchev–Trinajstić information content (AvgIpc) is 2.76. The maximum atomic E-state index is 6.30. The molecule has 3 aromatic rings. The highest BCUT2D eigenvalue weighted by atomic mass is 35.5. The van der Waals surface area contributed by atoms with Gasteiger partial charge in [-0.1, -0.05) is 17.7 Å². The fraction of sp³-hybridized carbons (Fsp3) is 0.286. The highest BCUT2D eigenvalue weighted by Crippen LogP contribution is 2.32. The van der Waals surface area contributed by atoms with Crippen molar-refractivity contribution in [2.45, 2.75) is 19.8 Å². The van der Waals surface area contributed by atoms with Gasteiger partial charge in [-0.25, -0.2) is 0 Å². The summed E-state index contributed by atoms with van der Waals surface area (Å²) in [6.45, 7) is 4.31. The van der Waals surface area contributed by atoms with Crippen LogP contribution in [0, 0.1) is 0 Å². The monoisotopic (exact) mass is 351 g/mol. The molecule has 25 heavy (non-hydrogen) atoms. The Balaban J connectivity index is 1.91. The van der Waals surface area contributed by atoms with Gasteiger partial charge in [0.2, 0.25) is 0 Å². The number of rotatable bonds is 2. The summed E-state index contributed by atoms with van der Waals surface area (Å²) >= 11 is 6.30. The van der Waals surface area contributed by atoms with E-state index < -0.39 is 0 Å². The van der Waals surface area contributed by atoms with E-state index in [0.29, 0.717) is 0 Å².